The Morgan fingerprint density at radius 3 is 2.65 bits per heavy atom. The summed E-state index contributed by atoms with van der Waals surface area (Å²) in [6, 6.07) is 1.52. The molecule has 0 saturated heterocycles. The summed E-state index contributed by atoms with van der Waals surface area (Å²) in [6.07, 6.45) is -0.382. The maximum atomic E-state index is 10.8. The average Bonchev–Trinajstić information content (AvgIpc) is 2.27. The van der Waals surface area contributed by atoms with Crippen LogP contribution in [-0.4, -0.2) is 38.1 Å². The third-order valence-electron chi connectivity index (χ3n) is 2.43. The number of thiol groups is 1. The fraction of sp³-hybridized carbons (Fsp3) is 0.455. The molecule has 1 rings (SSSR count). The summed E-state index contributed by atoms with van der Waals surface area (Å²) < 4.78 is 0. The molecule has 1 aromatic rings. The number of nitrogens with zero attached hydrogens (tertiary/aromatic N) is 1. The molecule has 5 nitrogen and oxygen atoms in total. The van der Waals surface area contributed by atoms with Crippen molar-refractivity contribution in [2.45, 2.75) is 25.6 Å². The predicted octanol–water partition coefficient (Wildman–Crippen LogP) is 0.802. The van der Waals surface area contributed by atoms with E-state index in [0.717, 1.165) is 0 Å². The lowest BCUT2D eigenvalue weighted by molar-refractivity contribution is 0.0170. The molecule has 2 atom stereocenters. The number of carboxylic acids is 1. The van der Waals surface area contributed by atoms with Crippen molar-refractivity contribution >= 4 is 18.6 Å². The minimum absolute atomic E-state index is 0.0513. The third-order valence-corrected chi connectivity index (χ3v) is 2.69. The number of hydrogen-bond donors (Lipinski definition) is 4. The topological polar surface area (TPSA) is 90.7 Å². The normalized spacial score (nSPS) is 14.4. The first-order valence-corrected chi connectivity index (χ1v) is 5.77. The Labute approximate surface area is 105 Å². The van der Waals surface area contributed by atoms with Crippen molar-refractivity contribution in [3.05, 3.63) is 29.1 Å². The van der Waals surface area contributed by atoms with Gasteiger partial charge < -0.3 is 15.3 Å². The van der Waals surface area contributed by atoms with E-state index in [0.29, 0.717) is 23.3 Å². The zero-order valence-corrected chi connectivity index (χ0v) is 10.3. The van der Waals surface area contributed by atoms with E-state index in [4.69, 9.17) is 5.11 Å². The highest BCUT2D eigenvalue weighted by molar-refractivity contribution is 7.80. The molecule has 94 valence electrons. The number of rotatable bonds is 5. The monoisotopic (exact) mass is 257 g/mol. The Hall–Kier alpha value is -1.11. The zero-order valence-electron chi connectivity index (χ0n) is 9.37. The maximum absolute atomic E-state index is 10.8. The van der Waals surface area contributed by atoms with Gasteiger partial charge in [-0.05, 0) is 30.7 Å². The lowest BCUT2D eigenvalue weighted by atomic mass is 10.0. The molecule has 0 aromatic carbocycles. The standard InChI is InChI=1S/C11H15NO4S/c1-6-4-7(5-12-9(6)11(15)16)10(14)8(13)2-3-17/h4-5,8,10,13-14,17H,2-3H2,1H3,(H,15,16). The van der Waals surface area contributed by atoms with E-state index >= 15 is 0 Å². The van der Waals surface area contributed by atoms with Crippen LogP contribution < -0.4 is 0 Å². The van der Waals surface area contributed by atoms with Gasteiger partial charge in [0.05, 0.1) is 6.10 Å². The summed E-state index contributed by atoms with van der Waals surface area (Å²) in [6.45, 7) is 1.59. The van der Waals surface area contributed by atoms with Gasteiger partial charge in [0, 0.05) is 11.8 Å². The lowest BCUT2D eigenvalue weighted by Crippen LogP contribution is -2.19. The van der Waals surface area contributed by atoms with Crippen LogP contribution in [-0.2, 0) is 0 Å². The summed E-state index contributed by atoms with van der Waals surface area (Å²) in [7, 11) is 0. The largest absolute Gasteiger partial charge is 0.477 e. The van der Waals surface area contributed by atoms with Crippen molar-refractivity contribution < 1.29 is 20.1 Å². The van der Waals surface area contributed by atoms with Gasteiger partial charge in [-0.25, -0.2) is 9.78 Å². The van der Waals surface area contributed by atoms with Crippen molar-refractivity contribution in [3.8, 4) is 0 Å². The zero-order chi connectivity index (χ0) is 13.0. The molecule has 0 bridgehead atoms. The van der Waals surface area contributed by atoms with Crippen LogP contribution in [0.1, 0.15) is 34.1 Å². The molecule has 0 aliphatic rings. The van der Waals surface area contributed by atoms with Crippen LogP contribution in [0.2, 0.25) is 0 Å². The van der Waals surface area contributed by atoms with Crippen molar-refractivity contribution in [2.75, 3.05) is 5.75 Å². The molecule has 3 N–H and O–H groups in total. The summed E-state index contributed by atoms with van der Waals surface area (Å²) in [4.78, 5) is 14.5. The number of carbonyl (C=O) groups is 1. The van der Waals surface area contributed by atoms with E-state index in [1.165, 1.54) is 12.3 Å². The second-order valence-corrected chi connectivity index (χ2v) is 4.21. The molecule has 1 heterocycles. The van der Waals surface area contributed by atoms with Crippen molar-refractivity contribution in [2.24, 2.45) is 0 Å². The van der Waals surface area contributed by atoms with E-state index in [9.17, 15) is 15.0 Å². The minimum Gasteiger partial charge on any atom is -0.477 e. The molecule has 0 saturated carbocycles. The Morgan fingerprint density at radius 1 is 1.53 bits per heavy atom. The van der Waals surface area contributed by atoms with Gasteiger partial charge in [-0.3, -0.25) is 0 Å². The molecular formula is C11H15NO4S. The van der Waals surface area contributed by atoms with E-state index < -0.39 is 18.2 Å². The Balaban J connectivity index is 2.93. The van der Waals surface area contributed by atoms with E-state index in [1.807, 2.05) is 0 Å². The number of aromatic nitrogens is 1. The van der Waals surface area contributed by atoms with Gasteiger partial charge in [0.2, 0.25) is 0 Å². The number of aliphatic hydroxyl groups is 2. The van der Waals surface area contributed by atoms with Crippen molar-refractivity contribution in [1.82, 2.24) is 4.98 Å². The van der Waals surface area contributed by atoms with Crippen LogP contribution in [0, 0.1) is 6.92 Å². The number of aromatic carboxylic acids is 1. The van der Waals surface area contributed by atoms with Crippen molar-refractivity contribution in [1.29, 1.82) is 0 Å². The number of pyridine rings is 1. The molecule has 0 fully saturated rings. The number of hydrogen-bond acceptors (Lipinski definition) is 5. The van der Waals surface area contributed by atoms with Gasteiger partial charge in [0.25, 0.3) is 0 Å². The van der Waals surface area contributed by atoms with Gasteiger partial charge in [0.1, 0.15) is 6.10 Å². The molecule has 0 radical (unpaired) electrons. The second kappa shape index (κ2) is 6.00. The van der Waals surface area contributed by atoms with Crippen molar-refractivity contribution in [3.63, 3.8) is 0 Å². The molecule has 1 aromatic heterocycles. The number of aryl methyl sites for hydroxylation is 1. The molecule has 0 amide bonds. The maximum Gasteiger partial charge on any atom is 0.354 e. The van der Waals surface area contributed by atoms with Gasteiger partial charge in [-0.2, -0.15) is 12.6 Å². The van der Waals surface area contributed by atoms with Crippen LogP contribution in [0.15, 0.2) is 12.3 Å². The smallest absolute Gasteiger partial charge is 0.354 e. The molecular weight excluding hydrogens is 242 g/mol. The molecule has 2 unspecified atom stereocenters. The lowest BCUT2D eigenvalue weighted by Gasteiger charge is -2.17. The van der Waals surface area contributed by atoms with Gasteiger partial charge in [-0.1, -0.05) is 0 Å². The summed E-state index contributed by atoms with van der Waals surface area (Å²) >= 11 is 3.97. The Bertz CT molecular complexity index is 410. The van der Waals surface area contributed by atoms with E-state index in [-0.39, 0.29) is 5.69 Å². The van der Waals surface area contributed by atoms with E-state index in [1.54, 1.807) is 6.92 Å². The first kappa shape index (κ1) is 14.0. The van der Waals surface area contributed by atoms with Gasteiger partial charge >= 0.3 is 5.97 Å². The predicted molar refractivity (Wildman–Crippen MR) is 65.4 cm³/mol. The molecule has 0 spiro atoms. The highest BCUT2D eigenvalue weighted by Crippen LogP contribution is 2.20. The average molecular weight is 257 g/mol. The quantitative estimate of drug-likeness (QED) is 0.586. The first-order valence-electron chi connectivity index (χ1n) is 5.14. The SMILES string of the molecule is Cc1cc(C(O)C(O)CCS)cnc1C(=O)O. The number of aliphatic hydroxyl groups excluding tert-OH is 2. The summed E-state index contributed by atoms with van der Waals surface area (Å²) in [5.74, 6) is -0.655. The van der Waals surface area contributed by atoms with Crippen LogP contribution in [0.4, 0.5) is 0 Å². The third kappa shape index (κ3) is 3.42. The second-order valence-electron chi connectivity index (χ2n) is 3.76. The summed E-state index contributed by atoms with van der Waals surface area (Å²) in [5.41, 5.74) is 0.804. The highest BCUT2D eigenvalue weighted by atomic mass is 32.1. The van der Waals surface area contributed by atoms with Gasteiger partial charge in [0.15, 0.2) is 5.69 Å². The van der Waals surface area contributed by atoms with E-state index in [2.05, 4.69) is 17.6 Å². The molecule has 6 heteroatoms. The number of carboxylic acid groups (broad SMARTS) is 1. The molecule has 0 aliphatic heterocycles. The summed E-state index contributed by atoms with van der Waals surface area (Å²) in [5, 5.41) is 28.2. The fourth-order valence-electron chi connectivity index (χ4n) is 1.49. The van der Waals surface area contributed by atoms with Crippen LogP contribution >= 0.6 is 12.6 Å². The minimum atomic E-state index is -1.11. The van der Waals surface area contributed by atoms with Crippen LogP contribution in [0.5, 0.6) is 0 Å². The Morgan fingerprint density at radius 2 is 2.18 bits per heavy atom. The molecule has 0 aliphatic carbocycles. The van der Waals surface area contributed by atoms with Gasteiger partial charge in [-0.15, -0.1) is 0 Å². The first-order chi connectivity index (χ1) is 7.97. The fourth-order valence-corrected chi connectivity index (χ4v) is 1.76. The van der Waals surface area contributed by atoms with Crippen LogP contribution in [0.3, 0.4) is 0 Å². The van der Waals surface area contributed by atoms with Crippen LogP contribution in [0.25, 0.3) is 0 Å². The Kier molecular flexibility index (Phi) is 4.92. The highest BCUT2D eigenvalue weighted by Gasteiger charge is 2.19. The molecule has 17 heavy (non-hydrogen) atoms.